The van der Waals surface area contributed by atoms with E-state index < -0.39 is 25.2 Å². The molecule has 2 aliphatic carbocycles. The van der Waals surface area contributed by atoms with Crippen LogP contribution in [0, 0.1) is 23.7 Å². The van der Waals surface area contributed by atoms with Crippen molar-refractivity contribution in [3.05, 3.63) is 65.8 Å². The van der Waals surface area contributed by atoms with E-state index in [1.165, 1.54) is 48.8 Å². The maximum atomic E-state index is 12.1. The fourth-order valence-electron chi connectivity index (χ4n) is 6.12. The molecule has 1 saturated carbocycles. The zero-order valence-corrected chi connectivity index (χ0v) is 24.2. The fraction of sp³-hybridized carbons (Fsp3) is 0.588. The number of carbonyl (C=O) groups excluding carboxylic acids is 2. The molecule has 40 heavy (non-hydrogen) atoms. The highest BCUT2D eigenvalue weighted by Crippen LogP contribution is 2.43. The largest absolute Gasteiger partial charge is 0.462 e. The van der Waals surface area contributed by atoms with Gasteiger partial charge in [-0.05, 0) is 92.2 Å². The molecule has 0 radical (unpaired) electrons. The third-order valence-electron chi connectivity index (χ3n) is 8.81. The lowest BCUT2D eigenvalue weighted by atomic mass is 9.69. The number of aliphatic hydroxyl groups excluding tert-OH is 2. The molecule has 3 rings (SSSR count). The Morgan fingerprint density at radius 2 is 1.48 bits per heavy atom. The van der Waals surface area contributed by atoms with Crippen LogP contribution < -0.4 is 0 Å². The summed E-state index contributed by atoms with van der Waals surface area (Å²) in [5.41, 5.74) is 4.27. The molecule has 0 amide bonds. The first kappa shape index (κ1) is 31.8. The first-order valence-electron chi connectivity index (χ1n) is 15.1. The van der Waals surface area contributed by atoms with E-state index in [1.54, 1.807) is 0 Å². The van der Waals surface area contributed by atoms with Crippen molar-refractivity contribution < 1.29 is 29.3 Å². The van der Waals surface area contributed by atoms with Gasteiger partial charge in [0.15, 0.2) is 0 Å². The van der Waals surface area contributed by atoms with Gasteiger partial charge in [0.1, 0.15) is 0 Å². The van der Waals surface area contributed by atoms with Gasteiger partial charge in [0.05, 0.1) is 37.6 Å². The highest BCUT2D eigenvalue weighted by atomic mass is 16.5. The minimum absolute atomic E-state index is 0.000695. The highest BCUT2D eigenvalue weighted by Gasteiger charge is 2.33. The molecule has 2 N–H and O–H groups in total. The molecular formula is C34H48O6. The van der Waals surface area contributed by atoms with Gasteiger partial charge < -0.3 is 19.7 Å². The van der Waals surface area contributed by atoms with Gasteiger partial charge in [0.25, 0.3) is 0 Å². The number of aliphatic hydroxyl groups is 2. The molecule has 0 spiro atoms. The fourth-order valence-corrected chi connectivity index (χ4v) is 6.12. The van der Waals surface area contributed by atoms with Crippen molar-refractivity contribution in [2.24, 2.45) is 23.7 Å². The average molecular weight is 553 g/mol. The number of unbranched alkanes of at least 4 members (excludes halogenated alkanes) is 2. The number of benzene rings is 1. The molecule has 0 bridgehead atoms. The van der Waals surface area contributed by atoms with Gasteiger partial charge in [-0.15, -0.1) is 0 Å². The predicted octanol–water partition coefficient (Wildman–Crippen LogP) is 6.21. The lowest BCUT2D eigenvalue weighted by Crippen LogP contribution is -2.32. The number of allylic oxidation sites excluding steroid dienone is 2. The molecule has 220 valence electrons. The molecule has 0 aliphatic heterocycles. The minimum atomic E-state index is -0.636. The van der Waals surface area contributed by atoms with Crippen molar-refractivity contribution in [1.29, 1.82) is 0 Å². The van der Waals surface area contributed by atoms with E-state index in [9.17, 15) is 9.59 Å². The summed E-state index contributed by atoms with van der Waals surface area (Å²) in [6, 6.07) is 9.18. The van der Waals surface area contributed by atoms with Gasteiger partial charge in [-0.25, -0.2) is 9.59 Å². The van der Waals surface area contributed by atoms with Gasteiger partial charge in [0.2, 0.25) is 0 Å². The summed E-state index contributed by atoms with van der Waals surface area (Å²) >= 11 is 0. The second-order valence-corrected chi connectivity index (χ2v) is 11.6. The molecule has 6 heteroatoms. The van der Waals surface area contributed by atoms with Gasteiger partial charge in [-0.2, -0.15) is 0 Å². The van der Waals surface area contributed by atoms with Crippen LogP contribution in [0.3, 0.4) is 0 Å². The Morgan fingerprint density at radius 3 is 1.98 bits per heavy atom. The predicted molar refractivity (Wildman–Crippen MR) is 158 cm³/mol. The van der Waals surface area contributed by atoms with Gasteiger partial charge in [-0.1, -0.05) is 63.3 Å². The molecule has 2 aliphatic rings. The van der Waals surface area contributed by atoms with Crippen LogP contribution in [0.5, 0.6) is 0 Å². The maximum Gasteiger partial charge on any atom is 0.335 e. The summed E-state index contributed by atoms with van der Waals surface area (Å²) < 4.78 is 10.8. The van der Waals surface area contributed by atoms with Crippen molar-refractivity contribution in [1.82, 2.24) is 0 Å². The van der Waals surface area contributed by atoms with Crippen LogP contribution in [-0.4, -0.2) is 48.6 Å². The summed E-state index contributed by atoms with van der Waals surface area (Å²) in [4.78, 5) is 24.1. The van der Waals surface area contributed by atoms with Crippen molar-refractivity contribution in [2.75, 3.05) is 26.4 Å². The number of rotatable bonds is 15. The second kappa shape index (κ2) is 16.5. The zero-order chi connectivity index (χ0) is 28.9. The van der Waals surface area contributed by atoms with Crippen molar-refractivity contribution in [3.63, 3.8) is 0 Å². The first-order valence-corrected chi connectivity index (χ1v) is 15.1. The summed E-state index contributed by atoms with van der Waals surface area (Å²) in [5.74, 6) is 0.185. The Morgan fingerprint density at radius 1 is 0.875 bits per heavy atom. The molecule has 0 aromatic heterocycles. The Labute approximate surface area is 240 Å². The smallest absolute Gasteiger partial charge is 0.335 e. The molecule has 6 nitrogen and oxygen atoms in total. The second-order valence-electron chi connectivity index (χ2n) is 11.6. The van der Waals surface area contributed by atoms with E-state index >= 15 is 0 Å². The summed E-state index contributed by atoms with van der Waals surface area (Å²) in [7, 11) is 0. The van der Waals surface area contributed by atoms with Crippen molar-refractivity contribution >= 4 is 17.5 Å². The summed E-state index contributed by atoms with van der Waals surface area (Å²) in [6.07, 6.45) is 15.1. The van der Waals surface area contributed by atoms with Crippen LogP contribution in [0.2, 0.25) is 0 Å². The number of ether oxygens (including phenoxy) is 2. The van der Waals surface area contributed by atoms with Crippen molar-refractivity contribution in [2.45, 2.75) is 77.6 Å². The normalized spacial score (nSPS) is 21.0. The van der Waals surface area contributed by atoms with E-state index in [1.807, 2.05) is 0 Å². The molecule has 1 aromatic rings. The number of esters is 2. The van der Waals surface area contributed by atoms with E-state index in [2.05, 4.69) is 50.4 Å². The highest BCUT2D eigenvalue weighted by molar-refractivity contribution is 5.88. The molecule has 1 unspecified atom stereocenters. The van der Waals surface area contributed by atoms with Crippen LogP contribution in [-0.2, 0) is 25.5 Å². The quantitative estimate of drug-likeness (QED) is 0.153. The number of aryl methyl sites for hydroxylation is 1. The minimum Gasteiger partial charge on any atom is -0.462 e. The van der Waals surface area contributed by atoms with E-state index in [4.69, 9.17) is 19.7 Å². The topological polar surface area (TPSA) is 93.1 Å². The first-order chi connectivity index (χ1) is 19.4. The molecule has 0 saturated heterocycles. The molecule has 0 heterocycles. The van der Waals surface area contributed by atoms with Gasteiger partial charge >= 0.3 is 11.9 Å². The van der Waals surface area contributed by atoms with E-state index in [-0.39, 0.29) is 36.2 Å². The third kappa shape index (κ3) is 9.45. The number of hydrogen-bond acceptors (Lipinski definition) is 6. The standard InChI is InChI=1S/C34H48O6/c1-4-5-6-7-26-8-10-27(11-9-26)28-12-14-29(15-13-28)30-16-18-31(19-17-30)32(22-39-33(37)24(2)20-35)23-40-34(38)25(3)21-36/h8-12,29-32,35-36H,2-7,13-23H2,1H3. The molecule has 1 aromatic carbocycles. The average Bonchev–Trinajstić information content (AvgIpc) is 3.00. The lowest BCUT2D eigenvalue weighted by Gasteiger charge is -2.38. The van der Waals surface area contributed by atoms with Crippen LogP contribution in [0.1, 0.15) is 82.3 Å². The van der Waals surface area contributed by atoms with Crippen LogP contribution in [0.15, 0.2) is 54.6 Å². The van der Waals surface area contributed by atoms with Crippen LogP contribution in [0.25, 0.3) is 5.57 Å². The van der Waals surface area contributed by atoms with Crippen LogP contribution >= 0.6 is 0 Å². The van der Waals surface area contributed by atoms with E-state index in [0.29, 0.717) is 11.8 Å². The van der Waals surface area contributed by atoms with Gasteiger partial charge in [-0.3, -0.25) is 0 Å². The van der Waals surface area contributed by atoms with Crippen LogP contribution in [0.4, 0.5) is 0 Å². The third-order valence-corrected chi connectivity index (χ3v) is 8.81. The Kier molecular flexibility index (Phi) is 13.2. The van der Waals surface area contributed by atoms with E-state index in [0.717, 1.165) is 38.5 Å². The molecule has 1 atom stereocenters. The summed E-state index contributed by atoms with van der Waals surface area (Å²) in [6.45, 7) is 8.56. The summed E-state index contributed by atoms with van der Waals surface area (Å²) in [5, 5.41) is 18.3. The van der Waals surface area contributed by atoms with Gasteiger partial charge in [0, 0.05) is 5.92 Å². The Hall–Kier alpha value is -2.70. The lowest BCUT2D eigenvalue weighted by molar-refractivity contribution is -0.146. The molecule has 1 fully saturated rings. The zero-order valence-electron chi connectivity index (χ0n) is 24.2. The monoisotopic (exact) mass is 552 g/mol. The Bertz CT molecular complexity index is 983. The van der Waals surface area contributed by atoms with Crippen molar-refractivity contribution in [3.8, 4) is 0 Å². The molecular weight excluding hydrogens is 504 g/mol. The SMILES string of the molecule is C=C(CO)C(=O)OCC(COC(=O)C(=C)CO)C1CCC(C2CC=C(c3ccc(CCCCC)cc3)CC2)CC1. The number of carbonyl (C=O) groups is 2. The maximum absolute atomic E-state index is 12.1. The Balaban J connectivity index is 1.52. The number of hydrogen-bond donors (Lipinski definition) is 2.